The van der Waals surface area contributed by atoms with Crippen molar-refractivity contribution in [2.45, 2.75) is 18.8 Å². The van der Waals surface area contributed by atoms with Crippen molar-refractivity contribution in [3.8, 4) is 11.1 Å². The summed E-state index contributed by atoms with van der Waals surface area (Å²) in [5.74, 6) is 0.188. The minimum absolute atomic E-state index is 0.188. The first-order valence-corrected chi connectivity index (χ1v) is 19.8. The molecule has 0 radical (unpaired) electrons. The molecule has 266 valence electrons. The SMILES string of the molecule is S=C1c2ccccc2C2CCc3ccc(N(c4ccccc4)c4ccccc4)cc3-c3ccc4c5cc(N(c6ccccc6)c6ccccc6)ccc5n1c4c32. The van der Waals surface area contributed by atoms with Crippen LogP contribution in [-0.2, 0) is 6.42 Å². The van der Waals surface area contributed by atoms with Gasteiger partial charge < -0.3 is 9.80 Å². The van der Waals surface area contributed by atoms with Gasteiger partial charge in [0, 0.05) is 56.4 Å². The maximum Gasteiger partial charge on any atom is 0.118 e. The molecule has 1 unspecified atom stereocenters. The molecule has 1 aromatic heterocycles. The van der Waals surface area contributed by atoms with Gasteiger partial charge in [-0.1, -0.05) is 127 Å². The zero-order chi connectivity index (χ0) is 37.2. The molecule has 0 fully saturated rings. The van der Waals surface area contributed by atoms with E-state index in [4.69, 9.17) is 12.2 Å². The fraction of sp³-hybridized carbons (Fsp3) is 0.0577. The van der Waals surface area contributed by atoms with E-state index >= 15 is 0 Å². The lowest BCUT2D eigenvalue weighted by Crippen LogP contribution is -2.12. The number of hydrogen-bond donors (Lipinski definition) is 0. The fourth-order valence-corrected chi connectivity index (χ4v) is 9.68. The zero-order valence-electron chi connectivity index (χ0n) is 30.7. The van der Waals surface area contributed by atoms with Crippen LogP contribution in [0.2, 0.25) is 0 Å². The summed E-state index contributed by atoms with van der Waals surface area (Å²) in [4.78, 5) is 5.58. The molecule has 4 heteroatoms. The summed E-state index contributed by atoms with van der Waals surface area (Å²) in [6, 6.07) is 70.3. The Kier molecular flexibility index (Phi) is 7.71. The average Bonchev–Trinajstić information content (AvgIpc) is 3.43. The van der Waals surface area contributed by atoms with E-state index in [2.05, 4.69) is 208 Å². The predicted molar refractivity (Wildman–Crippen MR) is 238 cm³/mol. The van der Waals surface area contributed by atoms with Crippen molar-refractivity contribution in [3.05, 3.63) is 216 Å². The van der Waals surface area contributed by atoms with E-state index in [9.17, 15) is 0 Å². The van der Waals surface area contributed by atoms with Crippen molar-refractivity contribution in [1.82, 2.24) is 4.57 Å². The van der Waals surface area contributed by atoms with Gasteiger partial charge in [0.25, 0.3) is 0 Å². The first kappa shape index (κ1) is 32.7. The Labute approximate surface area is 332 Å². The van der Waals surface area contributed by atoms with E-state index in [0.29, 0.717) is 0 Å². The van der Waals surface area contributed by atoms with Crippen molar-refractivity contribution < 1.29 is 0 Å². The Morgan fingerprint density at radius 1 is 0.446 bits per heavy atom. The van der Waals surface area contributed by atoms with E-state index < -0.39 is 0 Å². The highest BCUT2D eigenvalue weighted by Crippen LogP contribution is 2.51. The van der Waals surface area contributed by atoms with Gasteiger partial charge in [-0.05, 0) is 120 Å². The van der Waals surface area contributed by atoms with Crippen molar-refractivity contribution in [3.63, 3.8) is 0 Å². The number of nitrogens with zero attached hydrogens (tertiary/aromatic N) is 3. The molecule has 1 aliphatic carbocycles. The Hall–Kier alpha value is -6.75. The minimum Gasteiger partial charge on any atom is -0.310 e. The smallest absolute Gasteiger partial charge is 0.118 e. The molecule has 56 heavy (non-hydrogen) atoms. The highest BCUT2D eigenvalue weighted by atomic mass is 32.1. The molecule has 3 nitrogen and oxygen atoms in total. The quantitative estimate of drug-likeness (QED) is 0.158. The average molecular weight is 736 g/mol. The van der Waals surface area contributed by atoms with Crippen LogP contribution in [-0.4, -0.2) is 9.56 Å². The molecule has 0 amide bonds. The summed E-state index contributed by atoms with van der Waals surface area (Å²) in [5, 5.41) is 2.44. The number of fused-ring (bicyclic) bond motifs is 7. The second-order valence-corrected chi connectivity index (χ2v) is 15.2. The maximum atomic E-state index is 6.54. The summed E-state index contributed by atoms with van der Waals surface area (Å²) in [7, 11) is 0. The van der Waals surface area contributed by atoms with E-state index in [1.54, 1.807) is 0 Å². The first-order chi connectivity index (χ1) is 27.7. The van der Waals surface area contributed by atoms with Crippen LogP contribution in [0.1, 0.15) is 34.6 Å². The maximum absolute atomic E-state index is 6.54. The Bertz CT molecular complexity index is 2860. The van der Waals surface area contributed by atoms with Crippen LogP contribution in [0.5, 0.6) is 0 Å². The molecule has 1 atom stereocenters. The van der Waals surface area contributed by atoms with Crippen LogP contribution >= 0.6 is 12.2 Å². The number of para-hydroxylation sites is 4. The molecule has 1 aliphatic heterocycles. The zero-order valence-corrected chi connectivity index (χ0v) is 31.5. The van der Waals surface area contributed by atoms with Crippen LogP contribution in [0.25, 0.3) is 32.9 Å². The van der Waals surface area contributed by atoms with Gasteiger partial charge in [-0.25, -0.2) is 0 Å². The van der Waals surface area contributed by atoms with E-state index in [0.717, 1.165) is 63.0 Å². The molecular weight excluding hydrogens is 699 g/mol. The number of hydrogen-bond acceptors (Lipinski definition) is 3. The van der Waals surface area contributed by atoms with Crippen LogP contribution in [0.4, 0.5) is 34.1 Å². The third-order valence-electron chi connectivity index (χ3n) is 11.7. The number of thiocarbonyl (C=S) groups is 1. The van der Waals surface area contributed by atoms with Crippen LogP contribution in [0.3, 0.4) is 0 Å². The van der Waals surface area contributed by atoms with E-state index in [1.807, 2.05) is 0 Å². The van der Waals surface area contributed by atoms with Crippen LogP contribution < -0.4 is 9.80 Å². The van der Waals surface area contributed by atoms with Gasteiger partial charge in [-0.3, -0.25) is 4.57 Å². The van der Waals surface area contributed by atoms with Crippen molar-refractivity contribution >= 4 is 73.1 Å². The van der Waals surface area contributed by atoms with E-state index in [-0.39, 0.29) is 5.92 Å². The largest absolute Gasteiger partial charge is 0.310 e. The Morgan fingerprint density at radius 2 is 0.982 bits per heavy atom. The van der Waals surface area contributed by atoms with Crippen molar-refractivity contribution in [2.75, 3.05) is 9.80 Å². The lowest BCUT2D eigenvalue weighted by molar-refractivity contribution is 0.730. The van der Waals surface area contributed by atoms with Gasteiger partial charge in [-0.15, -0.1) is 0 Å². The highest BCUT2D eigenvalue weighted by molar-refractivity contribution is 7.80. The lowest BCUT2D eigenvalue weighted by atomic mass is 9.83. The summed E-state index contributed by atoms with van der Waals surface area (Å²) in [6.07, 6.45) is 1.98. The topological polar surface area (TPSA) is 11.4 Å². The summed E-state index contributed by atoms with van der Waals surface area (Å²) < 4.78 is 2.39. The molecule has 2 heterocycles. The molecule has 0 saturated heterocycles. The third-order valence-corrected chi connectivity index (χ3v) is 12.1. The number of rotatable bonds is 6. The molecular formula is C52H37N3S. The summed E-state index contributed by atoms with van der Waals surface area (Å²) in [5.41, 5.74) is 16.9. The van der Waals surface area contributed by atoms with Crippen molar-refractivity contribution in [1.29, 1.82) is 0 Å². The molecule has 0 saturated carbocycles. The number of aryl methyl sites for hydroxylation is 1. The van der Waals surface area contributed by atoms with Gasteiger partial charge in [0.2, 0.25) is 0 Å². The molecule has 0 N–H and O–H groups in total. The molecule has 8 aromatic carbocycles. The van der Waals surface area contributed by atoms with Crippen molar-refractivity contribution in [2.24, 2.45) is 0 Å². The second-order valence-electron chi connectivity index (χ2n) is 14.8. The molecule has 9 aromatic rings. The number of anilines is 6. The third kappa shape index (κ3) is 5.14. The second kappa shape index (κ2) is 13.2. The molecule has 0 spiro atoms. The fourth-order valence-electron chi connectivity index (χ4n) is 9.31. The van der Waals surface area contributed by atoms with Gasteiger partial charge >= 0.3 is 0 Å². The minimum atomic E-state index is 0.188. The Morgan fingerprint density at radius 3 is 1.59 bits per heavy atom. The first-order valence-electron chi connectivity index (χ1n) is 19.4. The predicted octanol–water partition coefficient (Wildman–Crippen LogP) is 14.0. The summed E-state index contributed by atoms with van der Waals surface area (Å²) in [6.45, 7) is 0. The highest BCUT2D eigenvalue weighted by Gasteiger charge is 2.34. The van der Waals surface area contributed by atoms with Crippen LogP contribution in [0.15, 0.2) is 194 Å². The lowest BCUT2D eigenvalue weighted by Gasteiger charge is -2.26. The molecule has 11 rings (SSSR count). The summed E-state index contributed by atoms with van der Waals surface area (Å²) >= 11 is 6.54. The number of aromatic nitrogens is 1. The van der Waals surface area contributed by atoms with Gasteiger partial charge in [0.05, 0.1) is 11.0 Å². The normalized spacial score (nSPS) is 14.1. The van der Waals surface area contributed by atoms with E-state index in [1.165, 1.54) is 44.1 Å². The van der Waals surface area contributed by atoms with Gasteiger partial charge in [0.15, 0.2) is 0 Å². The number of benzene rings is 8. The molecule has 0 bridgehead atoms. The van der Waals surface area contributed by atoms with Crippen LogP contribution in [0, 0.1) is 0 Å². The molecule has 2 aliphatic rings. The van der Waals surface area contributed by atoms with Gasteiger partial charge in [-0.2, -0.15) is 0 Å². The Balaban J connectivity index is 1.17. The monoisotopic (exact) mass is 735 g/mol. The van der Waals surface area contributed by atoms with Gasteiger partial charge in [0.1, 0.15) is 4.99 Å². The standard InChI is InChI=1S/C52H37N3S/c56-52-46-24-14-13-23-42(46)43-29-26-35-25-27-40(53(36-15-5-1-6-16-36)37-17-7-2-8-18-37)33-47(35)44-30-31-45-48-34-41(28-32-49(48)55(52)51(45)50(43)44)54(38-19-9-3-10-20-38)39-21-11-4-12-22-39/h1-25,27-28,30-34,43H,26,29H2.